The Morgan fingerprint density at radius 2 is 1.46 bits per heavy atom. The van der Waals surface area contributed by atoms with Crippen molar-refractivity contribution in [1.82, 2.24) is 5.32 Å². The summed E-state index contributed by atoms with van der Waals surface area (Å²) in [5, 5.41) is 4.37. The van der Waals surface area contributed by atoms with Crippen molar-refractivity contribution in [3.63, 3.8) is 0 Å². The van der Waals surface area contributed by atoms with E-state index in [1.54, 1.807) is 6.07 Å². The van der Waals surface area contributed by atoms with Crippen LogP contribution in [0, 0.1) is 0 Å². The monoisotopic (exact) mass is 418 g/mol. The molecule has 5 heteroatoms. The van der Waals surface area contributed by atoms with Crippen molar-refractivity contribution in [2.45, 2.75) is 44.9 Å². The van der Waals surface area contributed by atoms with E-state index in [0.717, 1.165) is 35.8 Å². The molecule has 2 aromatic rings. The molecule has 1 N–H and O–H groups in total. The first-order chi connectivity index (χ1) is 13.6. The number of carbonyl (C=O) groups excluding carboxylic acids is 1. The number of amides is 1. The Balaban J connectivity index is 1.68. The fraction of sp³-hybridized carbons (Fsp3) is 0.435. The van der Waals surface area contributed by atoms with Crippen LogP contribution in [0.4, 0.5) is 5.69 Å². The second-order valence-corrected chi connectivity index (χ2v) is 8.28. The standard InChI is InChI=1S/C23H28Cl2N2O/c24-19-9-7-18(8-10-19)13-14-26-23(28)21-17-20(25)11-12-22(21)27-15-5-3-1-2-4-6-16-27/h7-12,17H,1-6,13-16H2,(H,26,28). The third-order valence-corrected chi connectivity index (χ3v) is 5.75. The molecule has 1 amide bonds. The van der Waals surface area contributed by atoms with Crippen LogP contribution in [-0.4, -0.2) is 25.5 Å². The summed E-state index contributed by atoms with van der Waals surface area (Å²) in [6, 6.07) is 13.4. The van der Waals surface area contributed by atoms with Crippen molar-refractivity contribution in [2.75, 3.05) is 24.5 Å². The minimum atomic E-state index is -0.0636. The summed E-state index contributed by atoms with van der Waals surface area (Å²) in [7, 11) is 0. The molecule has 0 aliphatic carbocycles. The summed E-state index contributed by atoms with van der Waals surface area (Å²) < 4.78 is 0. The van der Waals surface area contributed by atoms with Crippen LogP contribution in [0.15, 0.2) is 42.5 Å². The van der Waals surface area contributed by atoms with Crippen molar-refractivity contribution in [1.29, 1.82) is 0 Å². The van der Waals surface area contributed by atoms with E-state index in [1.807, 2.05) is 36.4 Å². The van der Waals surface area contributed by atoms with Crippen LogP contribution in [0.2, 0.25) is 10.0 Å². The van der Waals surface area contributed by atoms with Crippen LogP contribution in [0.25, 0.3) is 0 Å². The molecule has 1 saturated heterocycles. The molecule has 0 atom stereocenters. The molecule has 0 unspecified atom stereocenters. The molecule has 1 heterocycles. The minimum Gasteiger partial charge on any atom is -0.371 e. The second-order valence-electron chi connectivity index (χ2n) is 7.40. The maximum Gasteiger partial charge on any atom is 0.253 e. The van der Waals surface area contributed by atoms with Gasteiger partial charge in [0.25, 0.3) is 5.91 Å². The molecule has 0 spiro atoms. The van der Waals surface area contributed by atoms with Gasteiger partial charge in [0.05, 0.1) is 5.56 Å². The smallest absolute Gasteiger partial charge is 0.253 e. The zero-order chi connectivity index (χ0) is 19.8. The molecule has 2 aromatic carbocycles. The fourth-order valence-electron chi connectivity index (χ4n) is 3.70. The third kappa shape index (κ3) is 6.15. The summed E-state index contributed by atoms with van der Waals surface area (Å²) in [5.41, 5.74) is 2.81. The summed E-state index contributed by atoms with van der Waals surface area (Å²) >= 11 is 12.1. The molecule has 1 aliphatic heterocycles. The Morgan fingerprint density at radius 1 is 0.857 bits per heavy atom. The number of hydrogen-bond donors (Lipinski definition) is 1. The largest absolute Gasteiger partial charge is 0.371 e. The van der Waals surface area contributed by atoms with Gasteiger partial charge >= 0.3 is 0 Å². The van der Waals surface area contributed by atoms with Crippen LogP contribution in [0.5, 0.6) is 0 Å². The predicted octanol–water partition coefficient (Wildman–Crippen LogP) is 6.13. The van der Waals surface area contributed by atoms with Gasteiger partial charge in [-0.3, -0.25) is 4.79 Å². The van der Waals surface area contributed by atoms with E-state index in [-0.39, 0.29) is 5.91 Å². The lowest BCUT2D eigenvalue weighted by Crippen LogP contribution is -2.31. The van der Waals surface area contributed by atoms with Gasteiger partial charge in [0.15, 0.2) is 0 Å². The summed E-state index contributed by atoms with van der Waals surface area (Å²) in [6.07, 6.45) is 8.24. The Hall–Kier alpha value is -1.71. The van der Waals surface area contributed by atoms with E-state index in [4.69, 9.17) is 23.2 Å². The lowest BCUT2D eigenvalue weighted by atomic mass is 10.1. The number of benzene rings is 2. The van der Waals surface area contributed by atoms with Gasteiger partial charge < -0.3 is 10.2 Å². The molecule has 1 aliphatic rings. The van der Waals surface area contributed by atoms with Gasteiger partial charge in [0, 0.05) is 35.4 Å². The lowest BCUT2D eigenvalue weighted by molar-refractivity contribution is 0.0954. The van der Waals surface area contributed by atoms with Crippen molar-refractivity contribution < 1.29 is 4.79 Å². The van der Waals surface area contributed by atoms with E-state index >= 15 is 0 Å². The maximum atomic E-state index is 12.9. The average Bonchev–Trinajstić information content (AvgIpc) is 2.83. The third-order valence-electron chi connectivity index (χ3n) is 5.26. The van der Waals surface area contributed by atoms with E-state index in [9.17, 15) is 4.79 Å². The van der Waals surface area contributed by atoms with Crippen LogP contribution >= 0.6 is 23.2 Å². The molecular formula is C23H28Cl2N2O. The topological polar surface area (TPSA) is 32.3 Å². The SMILES string of the molecule is O=C(NCCc1ccc(Cl)cc1)c1cc(Cl)ccc1N1CCCCCCCC1. The Morgan fingerprint density at radius 3 is 2.14 bits per heavy atom. The summed E-state index contributed by atoms with van der Waals surface area (Å²) in [4.78, 5) is 15.3. The molecule has 3 rings (SSSR count). The number of hydrogen-bond acceptors (Lipinski definition) is 2. The van der Waals surface area contributed by atoms with Gasteiger partial charge in [-0.05, 0) is 55.2 Å². The van der Waals surface area contributed by atoms with Crippen LogP contribution in [0.3, 0.4) is 0 Å². The molecule has 0 aromatic heterocycles. The number of anilines is 1. The predicted molar refractivity (Wildman–Crippen MR) is 119 cm³/mol. The molecule has 0 bridgehead atoms. The molecule has 28 heavy (non-hydrogen) atoms. The van der Waals surface area contributed by atoms with Gasteiger partial charge in [-0.2, -0.15) is 0 Å². The molecule has 0 saturated carbocycles. The highest BCUT2D eigenvalue weighted by atomic mass is 35.5. The zero-order valence-electron chi connectivity index (χ0n) is 16.2. The number of carbonyl (C=O) groups is 1. The van der Waals surface area contributed by atoms with Gasteiger partial charge in [-0.25, -0.2) is 0 Å². The van der Waals surface area contributed by atoms with Crippen molar-refractivity contribution in [2.24, 2.45) is 0 Å². The van der Waals surface area contributed by atoms with E-state index < -0.39 is 0 Å². The maximum absolute atomic E-state index is 12.9. The number of nitrogens with zero attached hydrogens (tertiary/aromatic N) is 1. The Kier molecular flexibility index (Phi) is 8.05. The van der Waals surface area contributed by atoms with Gasteiger partial charge in [0.2, 0.25) is 0 Å². The first-order valence-electron chi connectivity index (χ1n) is 10.2. The normalized spacial score (nSPS) is 15.4. The number of halogens is 2. The van der Waals surface area contributed by atoms with Crippen molar-refractivity contribution in [3.8, 4) is 0 Å². The average molecular weight is 419 g/mol. The zero-order valence-corrected chi connectivity index (χ0v) is 17.7. The summed E-state index contributed by atoms with van der Waals surface area (Å²) in [6.45, 7) is 2.56. The lowest BCUT2D eigenvalue weighted by Gasteiger charge is -2.26. The van der Waals surface area contributed by atoms with E-state index in [2.05, 4.69) is 10.2 Å². The van der Waals surface area contributed by atoms with Crippen LogP contribution < -0.4 is 10.2 Å². The van der Waals surface area contributed by atoms with Gasteiger partial charge in [-0.15, -0.1) is 0 Å². The second kappa shape index (κ2) is 10.7. The number of nitrogens with one attached hydrogen (secondary N) is 1. The highest BCUT2D eigenvalue weighted by Crippen LogP contribution is 2.26. The van der Waals surface area contributed by atoms with E-state index in [1.165, 1.54) is 38.5 Å². The molecule has 0 radical (unpaired) electrons. The fourth-order valence-corrected chi connectivity index (χ4v) is 4.00. The molecule has 3 nitrogen and oxygen atoms in total. The van der Waals surface area contributed by atoms with Gasteiger partial charge in [0.1, 0.15) is 0 Å². The first kappa shape index (κ1) is 21.0. The number of rotatable bonds is 5. The quantitative estimate of drug-likeness (QED) is 0.633. The van der Waals surface area contributed by atoms with Crippen molar-refractivity contribution >= 4 is 34.8 Å². The van der Waals surface area contributed by atoms with E-state index in [0.29, 0.717) is 17.1 Å². The minimum absolute atomic E-state index is 0.0636. The van der Waals surface area contributed by atoms with Crippen LogP contribution in [-0.2, 0) is 6.42 Å². The summed E-state index contributed by atoms with van der Waals surface area (Å²) in [5.74, 6) is -0.0636. The highest BCUT2D eigenvalue weighted by Gasteiger charge is 2.17. The van der Waals surface area contributed by atoms with Crippen molar-refractivity contribution in [3.05, 3.63) is 63.6 Å². The molecule has 1 fully saturated rings. The highest BCUT2D eigenvalue weighted by molar-refractivity contribution is 6.31. The first-order valence-corrected chi connectivity index (χ1v) is 11.0. The molecule has 150 valence electrons. The van der Waals surface area contributed by atoms with Gasteiger partial charge in [-0.1, -0.05) is 61.0 Å². The Bertz CT molecular complexity index is 767. The van der Waals surface area contributed by atoms with Crippen LogP contribution in [0.1, 0.15) is 54.4 Å². The molecular weight excluding hydrogens is 391 g/mol. The Labute approximate surface area is 178 Å².